The van der Waals surface area contributed by atoms with Crippen molar-refractivity contribution in [1.82, 2.24) is 0 Å². The molecular weight excluding hydrogens is 437 g/mol. The second kappa shape index (κ2) is 8.85. The van der Waals surface area contributed by atoms with Crippen LogP contribution >= 0.6 is 0 Å². The molecule has 1 aliphatic rings. The van der Waals surface area contributed by atoms with Crippen molar-refractivity contribution in [3.63, 3.8) is 0 Å². The van der Waals surface area contributed by atoms with Gasteiger partial charge in [0.15, 0.2) is 5.75 Å². The zero-order valence-corrected chi connectivity index (χ0v) is 17.4. The van der Waals surface area contributed by atoms with E-state index >= 15 is 0 Å². The molecule has 0 radical (unpaired) electrons. The lowest BCUT2D eigenvalue weighted by molar-refractivity contribution is -0.137. The third-order valence-corrected chi connectivity index (χ3v) is 5.15. The Balaban J connectivity index is 1.68. The average molecular weight is 456 g/mol. The molecule has 0 unspecified atom stereocenters. The van der Waals surface area contributed by atoms with Crippen molar-refractivity contribution < 1.29 is 32.2 Å². The Hall–Kier alpha value is -4.01. The van der Waals surface area contributed by atoms with E-state index in [1.165, 1.54) is 7.11 Å². The van der Waals surface area contributed by atoms with E-state index in [4.69, 9.17) is 9.47 Å². The predicted octanol–water partition coefficient (Wildman–Crippen LogP) is 5.57. The van der Waals surface area contributed by atoms with Crippen LogP contribution in [0.2, 0.25) is 0 Å². The molecule has 0 aromatic heterocycles. The first-order valence-corrected chi connectivity index (χ1v) is 9.97. The van der Waals surface area contributed by atoms with Crippen molar-refractivity contribution in [2.24, 2.45) is 0 Å². The van der Waals surface area contributed by atoms with Crippen LogP contribution in [0.25, 0.3) is 0 Å². The fourth-order valence-electron chi connectivity index (χ4n) is 3.55. The van der Waals surface area contributed by atoms with E-state index < -0.39 is 23.6 Å². The predicted molar refractivity (Wildman–Crippen MR) is 116 cm³/mol. The highest BCUT2D eigenvalue weighted by Crippen LogP contribution is 2.39. The Morgan fingerprint density at radius 1 is 1.03 bits per heavy atom. The van der Waals surface area contributed by atoms with Gasteiger partial charge in [0.1, 0.15) is 11.5 Å². The monoisotopic (exact) mass is 456 g/mol. The van der Waals surface area contributed by atoms with Crippen LogP contribution in [-0.4, -0.2) is 18.9 Å². The molecule has 2 N–H and O–H groups in total. The van der Waals surface area contributed by atoms with Gasteiger partial charge in [-0.2, -0.15) is 13.2 Å². The quantitative estimate of drug-likeness (QED) is 0.526. The minimum Gasteiger partial charge on any atom is -0.497 e. The highest BCUT2D eigenvalue weighted by atomic mass is 19.4. The first-order valence-electron chi connectivity index (χ1n) is 9.97. The Bertz CT molecular complexity index is 1210. The molecule has 0 aliphatic carbocycles. The minimum absolute atomic E-state index is 0.0122. The molecule has 33 heavy (non-hydrogen) atoms. The maximum absolute atomic E-state index is 13.3. The third kappa shape index (κ3) is 4.92. The summed E-state index contributed by atoms with van der Waals surface area (Å²) < 4.78 is 50.9. The van der Waals surface area contributed by atoms with Gasteiger partial charge in [-0.15, -0.1) is 0 Å². The second-order valence-electron chi connectivity index (χ2n) is 7.37. The van der Waals surface area contributed by atoms with Gasteiger partial charge >= 0.3 is 6.18 Å². The van der Waals surface area contributed by atoms with Crippen LogP contribution < -0.4 is 20.1 Å². The van der Waals surface area contributed by atoms with Gasteiger partial charge in [-0.1, -0.05) is 24.3 Å². The highest BCUT2D eigenvalue weighted by molar-refractivity contribution is 6.05. The van der Waals surface area contributed by atoms with E-state index in [-0.39, 0.29) is 23.8 Å². The topological polar surface area (TPSA) is 76.7 Å². The number of para-hydroxylation sites is 1. The maximum atomic E-state index is 13.3. The zero-order chi connectivity index (χ0) is 23.6. The molecule has 2 amide bonds. The summed E-state index contributed by atoms with van der Waals surface area (Å²) in [7, 11) is 1.47. The fraction of sp³-hybridized carbons (Fsp3) is 0.167. The number of ether oxygens (including phenoxy) is 2. The molecule has 1 heterocycles. The summed E-state index contributed by atoms with van der Waals surface area (Å²) >= 11 is 0. The van der Waals surface area contributed by atoms with E-state index in [1.807, 2.05) is 0 Å². The molecule has 4 rings (SSSR count). The summed E-state index contributed by atoms with van der Waals surface area (Å²) in [6.07, 6.45) is -4.75. The van der Waals surface area contributed by atoms with Gasteiger partial charge in [-0.3, -0.25) is 9.59 Å². The van der Waals surface area contributed by atoms with Gasteiger partial charge in [-0.05, 0) is 42.0 Å². The van der Waals surface area contributed by atoms with Crippen molar-refractivity contribution in [3.05, 3.63) is 77.9 Å². The van der Waals surface area contributed by atoms with Crippen molar-refractivity contribution in [3.8, 4) is 17.2 Å². The Morgan fingerprint density at radius 3 is 2.55 bits per heavy atom. The molecule has 1 atom stereocenters. The number of amides is 2. The maximum Gasteiger partial charge on any atom is 0.416 e. The largest absolute Gasteiger partial charge is 0.497 e. The summed E-state index contributed by atoms with van der Waals surface area (Å²) in [5.41, 5.74) is -0.0404. The van der Waals surface area contributed by atoms with Crippen LogP contribution in [0.4, 0.5) is 24.5 Å². The lowest BCUT2D eigenvalue weighted by atomic mass is 9.89. The van der Waals surface area contributed by atoms with Gasteiger partial charge in [0.25, 0.3) is 0 Å². The second-order valence-corrected chi connectivity index (χ2v) is 7.37. The van der Waals surface area contributed by atoms with Crippen LogP contribution in [0.5, 0.6) is 17.2 Å². The molecule has 3 aromatic carbocycles. The molecule has 3 aromatic rings. The first kappa shape index (κ1) is 22.2. The number of halogens is 3. The number of hydrogen-bond acceptors (Lipinski definition) is 4. The Kier molecular flexibility index (Phi) is 5.95. The average Bonchev–Trinajstić information content (AvgIpc) is 2.79. The Morgan fingerprint density at radius 2 is 1.79 bits per heavy atom. The number of benzene rings is 3. The smallest absolute Gasteiger partial charge is 0.416 e. The van der Waals surface area contributed by atoms with E-state index in [1.54, 1.807) is 48.5 Å². The van der Waals surface area contributed by atoms with Crippen LogP contribution in [0.15, 0.2) is 66.7 Å². The van der Waals surface area contributed by atoms with Crippen molar-refractivity contribution >= 4 is 23.2 Å². The molecular formula is C24H19F3N2O4. The van der Waals surface area contributed by atoms with E-state index in [2.05, 4.69) is 10.6 Å². The molecule has 0 saturated heterocycles. The molecule has 0 spiro atoms. The van der Waals surface area contributed by atoms with E-state index in [9.17, 15) is 22.8 Å². The zero-order valence-electron chi connectivity index (χ0n) is 17.4. The number of nitrogens with one attached hydrogen (secondary N) is 2. The van der Waals surface area contributed by atoms with Gasteiger partial charge in [0.2, 0.25) is 11.8 Å². The van der Waals surface area contributed by atoms with Gasteiger partial charge in [-0.25, -0.2) is 0 Å². The molecule has 6 nitrogen and oxygen atoms in total. The summed E-state index contributed by atoms with van der Waals surface area (Å²) in [4.78, 5) is 25.2. The summed E-state index contributed by atoms with van der Waals surface area (Å²) in [5.74, 6) is -1.02. The lowest BCUT2D eigenvalue weighted by Crippen LogP contribution is -2.30. The molecule has 9 heteroatoms. The van der Waals surface area contributed by atoms with E-state index in [0.717, 1.165) is 18.2 Å². The number of carbonyl (C=O) groups is 2. The summed E-state index contributed by atoms with van der Waals surface area (Å²) in [6, 6.07) is 16.1. The molecule has 0 saturated carbocycles. The van der Waals surface area contributed by atoms with Gasteiger partial charge < -0.3 is 20.1 Å². The minimum atomic E-state index is -4.62. The number of carbonyl (C=O) groups excluding carboxylic acids is 2. The fourth-order valence-corrected chi connectivity index (χ4v) is 3.55. The Labute approximate surface area is 187 Å². The van der Waals surface area contributed by atoms with Crippen molar-refractivity contribution in [2.75, 3.05) is 17.7 Å². The third-order valence-electron chi connectivity index (χ3n) is 5.15. The van der Waals surface area contributed by atoms with E-state index in [0.29, 0.717) is 22.7 Å². The first-order chi connectivity index (χ1) is 15.7. The SMILES string of the molecule is COc1cccc(Oc2ccc(C(F)(F)F)cc2NC(=O)[C@@H]2CC(=O)Nc3ccccc32)c1. The summed E-state index contributed by atoms with van der Waals surface area (Å²) in [5, 5.41) is 5.22. The molecule has 0 bridgehead atoms. The van der Waals surface area contributed by atoms with Crippen LogP contribution in [0, 0.1) is 0 Å². The van der Waals surface area contributed by atoms with Crippen molar-refractivity contribution in [1.29, 1.82) is 0 Å². The number of hydrogen-bond donors (Lipinski definition) is 2. The normalized spacial score (nSPS) is 15.3. The lowest BCUT2D eigenvalue weighted by Gasteiger charge is -2.25. The van der Waals surface area contributed by atoms with Crippen LogP contribution in [0.3, 0.4) is 0 Å². The number of anilines is 2. The van der Waals surface area contributed by atoms with Crippen LogP contribution in [-0.2, 0) is 15.8 Å². The number of methoxy groups -OCH3 is 1. The molecule has 1 aliphatic heterocycles. The standard InChI is InChI=1S/C24H19F3N2O4/c1-32-15-5-4-6-16(12-15)33-21-10-9-14(24(25,26)27)11-20(21)29-23(31)18-13-22(30)28-19-8-3-2-7-17(18)19/h2-12,18H,13H2,1H3,(H,28,30)(H,29,31)/t18-/m1/s1. The molecule has 0 fully saturated rings. The van der Waals surface area contributed by atoms with Crippen LogP contribution in [0.1, 0.15) is 23.5 Å². The number of fused-ring (bicyclic) bond motifs is 1. The number of alkyl halides is 3. The molecule has 170 valence electrons. The van der Waals surface area contributed by atoms with Crippen molar-refractivity contribution in [2.45, 2.75) is 18.5 Å². The highest BCUT2D eigenvalue weighted by Gasteiger charge is 2.33. The summed E-state index contributed by atoms with van der Waals surface area (Å²) in [6.45, 7) is 0. The van der Waals surface area contributed by atoms with Gasteiger partial charge in [0, 0.05) is 18.2 Å². The van der Waals surface area contributed by atoms with Gasteiger partial charge in [0.05, 0.1) is 24.3 Å². The number of rotatable bonds is 5.